The Hall–Kier alpha value is -2.33. The van der Waals surface area contributed by atoms with E-state index in [0.29, 0.717) is 31.7 Å². The normalized spacial score (nSPS) is 18.0. The molecular weight excluding hydrogens is 308 g/mol. The third kappa shape index (κ3) is 4.15. The van der Waals surface area contributed by atoms with Gasteiger partial charge in [-0.25, -0.2) is 0 Å². The molecule has 2 heterocycles. The van der Waals surface area contributed by atoms with Gasteiger partial charge >= 0.3 is 0 Å². The summed E-state index contributed by atoms with van der Waals surface area (Å²) >= 11 is 0. The van der Waals surface area contributed by atoms with Crippen molar-refractivity contribution in [2.75, 3.05) is 32.7 Å². The molecule has 1 fully saturated rings. The summed E-state index contributed by atoms with van der Waals surface area (Å²) in [5.41, 5.74) is -0.321. The van der Waals surface area contributed by atoms with Crippen LogP contribution in [0.25, 0.3) is 0 Å². The summed E-state index contributed by atoms with van der Waals surface area (Å²) in [4.78, 5) is 28.2. The van der Waals surface area contributed by atoms with E-state index in [2.05, 4.69) is 11.4 Å². The number of rotatable bonds is 5. The zero-order valence-electron chi connectivity index (χ0n) is 14.4. The van der Waals surface area contributed by atoms with Crippen LogP contribution in [-0.2, 0) is 4.79 Å². The second kappa shape index (κ2) is 7.49. The third-order valence-electron chi connectivity index (χ3n) is 4.58. The maximum absolute atomic E-state index is 12.2. The van der Waals surface area contributed by atoms with Crippen LogP contribution in [0.1, 0.15) is 31.1 Å². The van der Waals surface area contributed by atoms with Crippen molar-refractivity contribution < 1.29 is 14.0 Å². The molecule has 1 aromatic rings. The van der Waals surface area contributed by atoms with Crippen molar-refractivity contribution in [2.24, 2.45) is 5.92 Å². The van der Waals surface area contributed by atoms with Gasteiger partial charge in [-0.1, -0.05) is 13.8 Å². The molecule has 1 unspecified atom stereocenters. The van der Waals surface area contributed by atoms with Crippen LogP contribution in [0.3, 0.4) is 0 Å². The van der Waals surface area contributed by atoms with Gasteiger partial charge in [0.25, 0.3) is 5.91 Å². The molecule has 0 aromatic carbocycles. The largest absolute Gasteiger partial charge is 0.472 e. The van der Waals surface area contributed by atoms with E-state index in [1.165, 1.54) is 12.5 Å². The van der Waals surface area contributed by atoms with E-state index in [9.17, 15) is 14.9 Å². The first-order valence-electron chi connectivity index (χ1n) is 8.12. The lowest BCUT2D eigenvalue weighted by Crippen LogP contribution is -2.55. The van der Waals surface area contributed by atoms with Crippen molar-refractivity contribution in [1.82, 2.24) is 15.1 Å². The number of nitrogens with zero attached hydrogens (tertiary/aromatic N) is 3. The molecule has 24 heavy (non-hydrogen) atoms. The monoisotopic (exact) mass is 332 g/mol. The number of piperazine rings is 1. The molecule has 2 rings (SSSR count). The predicted octanol–water partition coefficient (Wildman–Crippen LogP) is 1.09. The quantitative estimate of drug-likeness (QED) is 0.872. The van der Waals surface area contributed by atoms with Crippen molar-refractivity contribution in [3.8, 4) is 6.07 Å². The lowest BCUT2D eigenvalue weighted by Gasteiger charge is -2.35. The number of nitriles is 1. The summed E-state index contributed by atoms with van der Waals surface area (Å²) in [5.74, 6) is -0.192. The van der Waals surface area contributed by atoms with E-state index >= 15 is 0 Å². The SMILES string of the molecule is CC(C)C(C)(C#N)NC(=O)CN1CCN(C(=O)c2ccoc2)CC1. The molecule has 0 aliphatic carbocycles. The Bertz CT molecular complexity index is 612. The molecule has 0 bridgehead atoms. The van der Waals surface area contributed by atoms with Crippen molar-refractivity contribution >= 4 is 11.8 Å². The van der Waals surface area contributed by atoms with Crippen LogP contribution in [0.4, 0.5) is 0 Å². The molecule has 1 aliphatic rings. The summed E-state index contributed by atoms with van der Waals surface area (Å²) in [6.07, 6.45) is 2.92. The van der Waals surface area contributed by atoms with E-state index < -0.39 is 5.54 Å². The average molecular weight is 332 g/mol. The van der Waals surface area contributed by atoms with Gasteiger partial charge < -0.3 is 14.6 Å². The van der Waals surface area contributed by atoms with Crippen LogP contribution in [0.5, 0.6) is 0 Å². The summed E-state index contributed by atoms with van der Waals surface area (Å²) < 4.78 is 4.94. The number of carbonyl (C=O) groups excluding carboxylic acids is 2. The molecule has 1 atom stereocenters. The first kappa shape index (κ1) is 18.0. The van der Waals surface area contributed by atoms with E-state index in [1.807, 2.05) is 18.7 Å². The minimum Gasteiger partial charge on any atom is -0.472 e. The Labute approximate surface area is 142 Å². The molecule has 7 nitrogen and oxygen atoms in total. The van der Waals surface area contributed by atoms with Crippen LogP contribution < -0.4 is 5.32 Å². The lowest BCUT2D eigenvalue weighted by atomic mass is 9.90. The molecule has 7 heteroatoms. The number of carbonyl (C=O) groups is 2. The number of hydrogen-bond donors (Lipinski definition) is 1. The first-order valence-corrected chi connectivity index (χ1v) is 8.12. The van der Waals surface area contributed by atoms with Crippen molar-refractivity contribution in [3.63, 3.8) is 0 Å². The standard InChI is InChI=1S/C17H24N4O3/c1-13(2)17(3,12-18)19-15(22)10-20-5-7-21(8-6-20)16(23)14-4-9-24-11-14/h4,9,11,13H,5-8,10H2,1-3H3,(H,19,22). The van der Waals surface area contributed by atoms with Crippen LogP contribution in [0.15, 0.2) is 23.0 Å². The fourth-order valence-electron chi connectivity index (χ4n) is 2.51. The van der Waals surface area contributed by atoms with Gasteiger partial charge in [-0.15, -0.1) is 0 Å². The fourth-order valence-corrected chi connectivity index (χ4v) is 2.51. The lowest BCUT2D eigenvalue weighted by molar-refractivity contribution is -0.124. The summed E-state index contributed by atoms with van der Waals surface area (Å²) in [5, 5.41) is 12.1. The number of furan rings is 1. The second-order valence-electron chi connectivity index (χ2n) is 6.60. The van der Waals surface area contributed by atoms with Gasteiger partial charge in [0, 0.05) is 26.2 Å². The Morgan fingerprint density at radius 2 is 2.04 bits per heavy atom. The number of hydrogen-bond acceptors (Lipinski definition) is 5. The Balaban J connectivity index is 1.82. The maximum atomic E-state index is 12.2. The molecule has 1 N–H and O–H groups in total. The van der Waals surface area contributed by atoms with Crippen molar-refractivity contribution in [1.29, 1.82) is 5.26 Å². The Morgan fingerprint density at radius 3 is 2.54 bits per heavy atom. The molecule has 0 spiro atoms. The predicted molar refractivity (Wildman–Crippen MR) is 88.1 cm³/mol. The van der Waals surface area contributed by atoms with Gasteiger partial charge in [-0.05, 0) is 18.9 Å². The van der Waals surface area contributed by atoms with Gasteiger partial charge in [0.05, 0.1) is 24.4 Å². The van der Waals surface area contributed by atoms with E-state index in [4.69, 9.17) is 4.42 Å². The highest BCUT2D eigenvalue weighted by Gasteiger charge is 2.31. The topological polar surface area (TPSA) is 89.6 Å². The highest BCUT2D eigenvalue weighted by molar-refractivity contribution is 5.93. The van der Waals surface area contributed by atoms with Crippen LogP contribution in [0.2, 0.25) is 0 Å². The van der Waals surface area contributed by atoms with Crippen molar-refractivity contribution in [2.45, 2.75) is 26.3 Å². The molecule has 1 aromatic heterocycles. The maximum Gasteiger partial charge on any atom is 0.257 e. The molecule has 1 saturated heterocycles. The highest BCUT2D eigenvalue weighted by Crippen LogP contribution is 2.15. The molecule has 2 amide bonds. The molecule has 0 saturated carbocycles. The molecule has 0 radical (unpaired) electrons. The van der Waals surface area contributed by atoms with Crippen LogP contribution in [-0.4, -0.2) is 59.9 Å². The Morgan fingerprint density at radius 1 is 1.38 bits per heavy atom. The molecular formula is C17H24N4O3. The van der Waals surface area contributed by atoms with E-state index in [0.717, 1.165) is 0 Å². The summed E-state index contributed by atoms with van der Waals surface area (Å²) in [6, 6.07) is 3.82. The first-order chi connectivity index (χ1) is 11.4. The van der Waals surface area contributed by atoms with Gasteiger partial charge in [0.15, 0.2) is 0 Å². The van der Waals surface area contributed by atoms with Gasteiger partial charge in [0.2, 0.25) is 5.91 Å². The van der Waals surface area contributed by atoms with Gasteiger partial charge in [0.1, 0.15) is 11.8 Å². The second-order valence-corrected chi connectivity index (χ2v) is 6.60. The number of nitrogens with one attached hydrogen (secondary N) is 1. The minimum atomic E-state index is -0.865. The zero-order valence-corrected chi connectivity index (χ0v) is 14.4. The third-order valence-corrected chi connectivity index (χ3v) is 4.58. The summed E-state index contributed by atoms with van der Waals surface area (Å²) in [7, 11) is 0. The van der Waals surface area contributed by atoms with E-state index in [1.54, 1.807) is 17.9 Å². The fraction of sp³-hybridized carbons (Fsp3) is 0.588. The van der Waals surface area contributed by atoms with Crippen molar-refractivity contribution in [3.05, 3.63) is 24.2 Å². The molecule has 1 aliphatic heterocycles. The van der Waals surface area contributed by atoms with Crippen LogP contribution >= 0.6 is 0 Å². The minimum absolute atomic E-state index is 0.0240. The number of amides is 2. The zero-order chi connectivity index (χ0) is 17.7. The highest BCUT2D eigenvalue weighted by atomic mass is 16.3. The van der Waals surface area contributed by atoms with E-state index in [-0.39, 0.29) is 24.3 Å². The molecule has 130 valence electrons. The Kier molecular flexibility index (Phi) is 5.62. The average Bonchev–Trinajstić information content (AvgIpc) is 3.09. The van der Waals surface area contributed by atoms with Gasteiger partial charge in [-0.2, -0.15) is 5.26 Å². The van der Waals surface area contributed by atoms with Crippen LogP contribution in [0, 0.1) is 17.2 Å². The van der Waals surface area contributed by atoms with Gasteiger partial charge in [-0.3, -0.25) is 14.5 Å². The smallest absolute Gasteiger partial charge is 0.257 e. The summed E-state index contributed by atoms with van der Waals surface area (Å²) in [6.45, 7) is 8.17.